The minimum atomic E-state index is -4.27. The number of ether oxygens (including phenoxy) is 1. The summed E-state index contributed by atoms with van der Waals surface area (Å²) in [6, 6.07) is 22.7. The third-order valence-corrected chi connectivity index (χ3v) is 7.49. The van der Waals surface area contributed by atoms with Crippen molar-refractivity contribution in [3.63, 3.8) is 0 Å². The number of halogens is 2. The molecule has 0 aliphatic rings. The molecule has 0 aliphatic carbocycles. The largest absolute Gasteiger partial charge is 0.744 e. The van der Waals surface area contributed by atoms with Crippen molar-refractivity contribution in [1.29, 1.82) is 0 Å². The van der Waals surface area contributed by atoms with Gasteiger partial charge in [0.25, 0.3) is 0 Å². The third-order valence-electron chi connectivity index (χ3n) is 3.64. The highest BCUT2D eigenvalue weighted by molar-refractivity contribution is 7.85. The Bertz CT molecular complexity index is 925. The summed E-state index contributed by atoms with van der Waals surface area (Å²) in [6.45, 7) is 1.82. The van der Waals surface area contributed by atoms with Gasteiger partial charge in [-0.05, 0) is 61.0 Å². The molecule has 0 fully saturated rings. The maximum Gasteiger partial charge on any atom is 0.357 e. The Morgan fingerprint density at radius 1 is 0.893 bits per heavy atom. The molecule has 0 radical (unpaired) electrons. The minimum Gasteiger partial charge on any atom is -0.744 e. The van der Waals surface area contributed by atoms with E-state index in [1.54, 1.807) is 19.2 Å². The van der Waals surface area contributed by atoms with Crippen molar-refractivity contribution in [1.82, 2.24) is 0 Å². The van der Waals surface area contributed by atoms with E-state index >= 15 is 0 Å². The lowest BCUT2D eigenvalue weighted by atomic mass is 10.2. The van der Waals surface area contributed by atoms with Crippen LogP contribution in [0.4, 0.5) is 0 Å². The number of aryl methyl sites for hydroxylation is 1. The predicted octanol–water partition coefficient (Wildman–Crippen LogP) is 1.46. The topological polar surface area (TPSA) is 66.4 Å². The van der Waals surface area contributed by atoms with Crippen LogP contribution < -0.4 is 25.9 Å². The molecule has 0 saturated heterocycles. The van der Waals surface area contributed by atoms with Crippen molar-refractivity contribution in [2.75, 3.05) is 7.11 Å². The van der Waals surface area contributed by atoms with Gasteiger partial charge in [-0.25, -0.2) is 8.42 Å². The molecule has 0 aromatic heterocycles. The predicted molar refractivity (Wildman–Crippen MR) is 106 cm³/mol. The highest BCUT2D eigenvalue weighted by Crippen LogP contribution is 2.08. The van der Waals surface area contributed by atoms with Crippen LogP contribution in [0.25, 0.3) is 0 Å². The molecule has 3 rings (SSSR count). The van der Waals surface area contributed by atoms with E-state index < -0.39 is 10.1 Å². The van der Waals surface area contributed by atoms with E-state index in [0.29, 0.717) is 5.88 Å². The Morgan fingerprint density at radius 2 is 1.39 bits per heavy atom. The van der Waals surface area contributed by atoms with Gasteiger partial charge >= 0.3 is 21.2 Å². The zero-order chi connectivity index (χ0) is 20.6. The van der Waals surface area contributed by atoms with Crippen LogP contribution in [0.5, 0.6) is 5.75 Å². The summed E-state index contributed by atoms with van der Waals surface area (Å²) >= 11 is 5.66. The van der Waals surface area contributed by atoms with Crippen LogP contribution in [0.3, 0.4) is 0 Å². The van der Waals surface area contributed by atoms with Crippen LogP contribution in [0.15, 0.2) is 77.7 Å². The first-order valence-corrected chi connectivity index (χ1v) is 12.4. The second kappa shape index (κ2) is 10.8. The van der Waals surface area contributed by atoms with E-state index in [4.69, 9.17) is 16.3 Å². The van der Waals surface area contributed by atoms with Crippen LogP contribution in [-0.4, -0.2) is 20.1 Å². The monoisotopic (exact) mass is 530 g/mol. The molecule has 3 aromatic rings. The molecule has 0 bridgehead atoms. The van der Waals surface area contributed by atoms with Crippen molar-refractivity contribution in [2.45, 2.75) is 17.7 Å². The summed E-state index contributed by atoms with van der Waals surface area (Å²) in [7, 11) is -2.58. The minimum absolute atomic E-state index is 0.106. The second-order valence-electron chi connectivity index (χ2n) is 5.78. The molecule has 0 spiro atoms. The molecule has 0 saturated carbocycles. The molecule has 0 N–H and O–H groups in total. The van der Waals surface area contributed by atoms with Gasteiger partial charge in [-0.1, -0.05) is 29.8 Å². The molecule has 7 heteroatoms. The summed E-state index contributed by atoms with van der Waals surface area (Å²) in [5.41, 5.74) is 2.10. The van der Waals surface area contributed by atoms with Gasteiger partial charge in [0.1, 0.15) is 15.9 Å². The van der Waals surface area contributed by atoms with Gasteiger partial charge in [0.05, 0.1) is 12.0 Å². The first-order valence-electron chi connectivity index (χ1n) is 8.28. The molecule has 0 unspecified atom stereocenters. The fraction of sp³-hybridized carbons (Fsp3) is 0.143. The molecule has 28 heavy (non-hydrogen) atoms. The molecule has 0 atom stereocenters. The van der Waals surface area contributed by atoms with Crippen molar-refractivity contribution in [2.24, 2.45) is 0 Å². The van der Waals surface area contributed by atoms with Crippen molar-refractivity contribution in [3.05, 3.63) is 91.1 Å². The fourth-order valence-electron chi connectivity index (χ4n) is 2.10. The van der Waals surface area contributed by atoms with Crippen molar-refractivity contribution >= 4 is 21.7 Å². The van der Waals surface area contributed by atoms with E-state index in [-0.39, 0.29) is 26.1 Å². The number of hydrogen-bond acceptors (Lipinski definition) is 4. The molecular formula is C21H20ClIO4S. The summed E-state index contributed by atoms with van der Waals surface area (Å²) in [6.07, 6.45) is 0. The Kier molecular flexibility index (Phi) is 8.75. The number of alkyl halides is 1. The average Bonchev–Trinajstić information content (AvgIpc) is 2.69. The highest BCUT2D eigenvalue weighted by Gasteiger charge is 2.14. The Morgan fingerprint density at radius 3 is 1.82 bits per heavy atom. The van der Waals surface area contributed by atoms with Gasteiger partial charge < -0.3 is 9.29 Å². The molecular weight excluding hydrogens is 511 g/mol. The van der Waals surface area contributed by atoms with Gasteiger partial charge in [-0.15, -0.1) is 11.6 Å². The number of benzene rings is 3. The zero-order valence-corrected chi connectivity index (χ0v) is 19.2. The lowest BCUT2D eigenvalue weighted by molar-refractivity contribution is -0.597. The number of methoxy groups -OCH3 is 1. The van der Waals surface area contributed by atoms with Gasteiger partial charge in [0.15, 0.2) is 7.14 Å². The van der Waals surface area contributed by atoms with Crippen LogP contribution in [0, 0.1) is 14.1 Å². The lowest BCUT2D eigenvalue weighted by Gasteiger charge is -2.05. The quantitative estimate of drug-likeness (QED) is 0.285. The zero-order valence-electron chi connectivity index (χ0n) is 15.4. The Hall–Kier alpha value is -1.61. The number of rotatable bonds is 5. The van der Waals surface area contributed by atoms with E-state index in [0.717, 1.165) is 11.3 Å². The Labute approximate surface area is 181 Å². The molecule has 3 aromatic carbocycles. The van der Waals surface area contributed by atoms with Crippen LogP contribution in [0.2, 0.25) is 0 Å². The van der Waals surface area contributed by atoms with Gasteiger partial charge in [-0.3, -0.25) is 0 Å². The standard InChI is InChI=1S/C14H13ClIO.C7H8O3S/c1-17-14-8-6-13(7-9-14)16-12-4-2-11(10-15)3-5-12;1-6-2-4-7(5-3-6)11(8,9)10/h2-9H,10H2,1H3;2-5H,1H3,(H,8,9,10)/q+1;/p-1. The fourth-order valence-corrected chi connectivity index (χ4v) is 4.91. The Balaban J connectivity index is 0.000000221. The maximum absolute atomic E-state index is 10.4. The van der Waals surface area contributed by atoms with Crippen LogP contribution >= 0.6 is 11.6 Å². The van der Waals surface area contributed by atoms with Gasteiger partial charge in [-0.2, -0.15) is 0 Å². The summed E-state index contributed by atoms with van der Waals surface area (Å²) < 4.78 is 39.1. The van der Waals surface area contributed by atoms with Crippen molar-refractivity contribution in [3.8, 4) is 5.75 Å². The van der Waals surface area contributed by atoms with Crippen LogP contribution in [-0.2, 0) is 16.0 Å². The van der Waals surface area contributed by atoms with E-state index in [9.17, 15) is 13.0 Å². The van der Waals surface area contributed by atoms with E-state index in [1.807, 2.05) is 19.1 Å². The van der Waals surface area contributed by atoms with Crippen molar-refractivity contribution < 1.29 is 38.9 Å². The molecule has 148 valence electrons. The molecule has 4 nitrogen and oxygen atoms in total. The third kappa shape index (κ3) is 7.43. The van der Waals surface area contributed by atoms with E-state index in [2.05, 4.69) is 36.4 Å². The van der Waals surface area contributed by atoms with E-state index in [1.165, 1.54) is 24.8 Å². The molecule has 0 amide bonds. The van der Waals surface area contributed by atoms with Gasteiger partial charge in [0, 0.05) is 5.88 Å². The molecule has 0 aliphatic heterocycles. The summed E-state index contributed by atoms with van der Waals surface area (Å²) in [4.78, 5) is -0.178. The van der Waals surface area contributed by atoms with Gasteiger partial charge in [0.2, 0.25) is 0 Å². The highest BCUT2D eigenvalue weighted by atomic mass is 127. The SMILES string of the molecule is COc1ccc([I+]c2ccc(CCl)cc2)cc1.Cc1ccc(S(=O)(=O)[O-])cc1. The van der Waals surface area contributed by atoms with Crippen LogP contribution in [0.1, 0.15) is 11.1 Å². The second-order valence-corrected chi connectivity index (χ2v) is 10.5. The maximum atomic E-state index is 10.4. The first kappa shape index (κ1) is 22.7. The molecule has 0 heterocycles. The first-order chi connectivity index (χ1) is 13.3. The smallest absolute Gasteiger partial charge is 0.357 e. The normalized spacial score (nSPS) is 10.7. The summed E-state index contributed by atoms with van der Waals surface area (Å²) in [5.74, 6) is 1.50. The summed E-state index contributed by atoms with van der Waals surface area (Å²) in [5, 5.41) is 0. The average molecular weight is 531 g/mol. The number of hydrogen-bond donors (Lipinski definition) is 0. The lowest BCUT2D eigenvalue weighted by Crippen LogP contribution is -3.61.